The highest BCUT2D eigenvalue weighted by Crippen LogP contribution is 2.32. The highest BCUT2D eigenvalue weighted by atomic mass is 16.2. The van der Waals surface area contributed by atoms with Crippen molar-refractivity contribution < 1.29 is 4.79 Å². The zero-order chi connectivity index (χ0) is 13.5. The molecule has 4 rings (SSSR count). The standard InChI is InChI=1S/C17H12N2O/c20-17-14(13-3-1-2-4-15(13)19-17)9-11-5-6-12-7-8-18-16(12)10-11/h1-10,18H,(H,19,20)/b14-9+. The third kappa shape index (κ3) is 1.64. The molecule has 0 saturated heterocycles. The molecule has 1 aliphatic rings. The van der Waals surface area contributed by atoms with E-state index in [1.165, 1.54) is 5.39 Å². The molecule has 0 spiro atoms. The summed E-state index contributed by atoms with van der Waals surface area (Å²) in [4.78, 5) is 15.2. The first-order chi connectivity index (χ1) is 9.81. The predicted molar refractivity (Wildman–Crippen MR) is 81.2 cm³/mol. The van der Waals surface area contributed by atoms with Crippen LogP contribution in [0.25, 0.3) is 22.6 Å². The maximum atomic E-state index is 12.1. The van der Waals surface area contributed by atoms with Gasteiger partial charge in [-0.25, -0.2) is 0 Å². The number of aromatic amines is 1. The van der Waals surface area contributed by atoms with Gasteiger partial charge >= 0.3 is 0 Å². The monoisotopic (exact) mass is 260 g/mol. The van der Waals surface area contributed by atoms with Crippen molar-refractivity contribution >= 4 is 34.1 Å². The SMILES string of the molecule is O=C1Nc2ccccc2/C1=C\c1ccc2cc[nH]c2c1. The number of carbonyl (C=O) groups excluding carboxylic acids is 1. The Bertz CT molecular complexity index is 858. The molecule has 0 fully saturated rings. The normalized spacial score (nSPS) is 15.6. The molecular weight excluding hydrogens is 248 g/mol. The number of fused-ring (bicyclic) bond motifs is 2. The number of rotatable bonds is 1. The van der Waals surface area contributed by atoms with Gasteiger partial charge in [-0.1, -0.05) is 30.3 Å². The molecule has 20 heavy (non-hydrogen) atoms. The lowest BCUT2D eigenvalue weighted by atomic mass is 10.0. The van der Waals surface area contributed by atoms with Crippen LogP contribution in [0, 0.1) is 0 Å². The predicted octanol–water partition coefficient (Wildman–Crippen LogP) is 3.66. The summed E-state index contributed by atoms with van der Waals surface area (Å²) in [6.45, 7) is 0. The number of anilines is 1. The molecule has 1 amide bonds. The van der Waals surface area contributed by atoms with E-state index < -0.39 is 0 Å². The molecule has 96 valence electrons. The summed E-state index contributed by atoms with van der Waals surface area (Å²) in [6.07, 6.45) is 3.85. The molecule has 0 saturated carbocycles. The van der Waals surface area contributed by atoms with Crippen LogP contribution in [-0.4, -0.2) is 10.9 Å². The number of para-hydroxylation sites is 1. The molecule has 1 aromatic heterocycles. The maximum Gasteiger partial charge on any atom is 0.256 e. The summed E-state index contributed by atoms with van der Waals surface area (Å²) < 4.78 is 0. The Hall–Kier alpha value is -2.81. The largest absolute Gasteiger partial charge is 0.361 e. The number of hydrogen-bond acceptors (Lipinski definition) is 1. The molecule has 3 heteroatoms. The summed E-state index contributed by atoms with van der Waals surface area (Å²) >= 11 is 0. The Morgan fingerprint density at radius 2 is 1.90 bits per heavy atom. The second kappa shape index (κ2) is 4.10. The molecule has 3 aromatic rings. The van der Waals surface area contributed by atoms with Gasteiger partial charge < -0.3 is 10.3 Å². The van der Waals surface area contributed by atoms with Gasteiger partial charge in [0.15, 0.2) is 0 Å². The fraction of sp³-hybridized carbons (Fsp3) is 0. The molecule has 1 aliphatic heterocycles. The van der Waals surface area contributed by atoms with E-state index in [0.29, 0.717) is 5.57 Å². The van der Waals surface area contributed by atoms with Crippen LogP contribution < -0.4 is 5.32 Å². The molecule has 0 unspecified atom stereocenters. The Morgan fingerprint density at radius 1 is 1.00 bits per heavy atom. The molecule has 0 bridgehead atoms. The fourth-order valence-corrected chi connectivity index (χ4v) is 2.60. The first kappa shape index (κ1) is 11.1. The molecule has 0 aliphatic carbocycles. The maximum absolute atomic E-state index is 12.1. The summed E-state index contributed by atoms with van der Waals surface area (Å²) in [6, 6.07) is 15.9. The highest BCUT2D eigenvalue weighted by Gasteiger charge is 2.23. The first-order valence-corrected chi connectivity index (χ1v) is 6.51. The third-order valence-corrected chi connectivity index (χ3v) is 3.60. The topological polar surface area (TPSA) is 44.9 Å². The van der Waals surface area contributed by atoms with Crippen LogP contribution in [-0.2, 0) is 4.79 Å². The lowest BCUT2D eigenvalue weighted by Gasteiger charge is -1.99. The van der Waals surface area contributed by atoms with Gasteiger partial charge in [-0.05, 0) is 35.2 Å². The minimum absolute atomic E-state index is 0.0437. The van der Waals surface area contributed by atoms with Crippen molar-refractivity contribution in [2.75, 3.05) is 5.32 Å². The Labute approximate surface area is 115 Å². The van der Waals surface area contributed by atoms with Crippen molar-refractivity contribution in [3.63, 3.8) is 0 Å². The number of nitrogens with one attached hydrogen (secondary N) is 2. The summed E-state index contributed by atoms with van der Waals surface area (Å²) in [7, 11) is 0. The highest BCUT2D eigenvalue weighted by molar-refractivity contribution is 6.34. The average molecular weight is 260 g/mol. The molecule has 0 atom stereocenters. The van der Waals surface area contributed by atoms with Crippen LogP contribution in [0.4, 0.5) is 5.69 Å². The molecular formula is C17H12N2O. The molecule has 2 N–H and O–H groups in total. The summed E-state index contributed by atoms with van der Waals surface area (Å²) in [5, 5.41) is 4.05. The molecule has 0 radical (unpaired) electrons. The number of carbonyl (C=O) groups is 1. The average Bonchev–Trinajstić information content (AvgIpc) is 3.04. The quantitative estimate of drug-likeness (QED) is 0.644. The van der Waals surface area contributed by atoms with Crippen molar-refractivity contribution in [3.8, 4) is 0 Å². The van der Waals surface area contributed by atoms with Crippen LogP contribution >= 0.6 is 0 Å². The van der Waals surface area contributed by atoms with Crippen molar-refractivity contribution in [3.05, 3.63) is 65.9 Å². The van der Waals surface area contributed by atoms with Gasteiger partial charge in [-0.2, -0.15) is 0 Å². The lowest BCUT2D eigenvalue weighted by molar-refractivity contribution is -0.110. The van der Waals surface area contributed by atoms with E-state index in [9.17, 15) is 4.79 Å². The number of aromatic nitrogens is 1. The van der Waals surface area contributed by atoms with Crippen LogP contribution in [0.2, 0.25) is 0 Å². The van der Waals surface area contributed by atoms with Gasteiger partial charge in [0.25, 0.3) is 5.91 Å². The second-order valence-corrected chi connectivity index (χ2v) is 4.88. The van der Waals surface area contributed by atoms with E-state index in [1.807, 2.05) is 48.7 Å². The van der Waals surface area contributed by atoms with Gasteiger partial charge in [-0.15, -0.1) is 0 Å². The minimum Gasteiger partial charge on any atom is -0.361 e. The van der Waals surface area contributed by atoms with Crippen molar-refractivity contribution in [1.82, 2.24) is 4.98 Å². The molecule has 3 nitrogen and oxygen atoms in total. The molecule has 2 heterocycles. The fourth-order valence-electron chi connectivity index (χ4n) is 2.60. The van der Waals surface area contributed by atoms with Gasteiger partial charge in [0.1, 0.15) is 0 Å². The van der Waals surface area contributed by atoms with Crippen LogP contribution in [0.15, 0.2) is 54.7 Å². The van der Waals surface area contributed by atoms with Crippen molar-refractivity contribution in [1.29, 1.82) is 0 Å². The summed E-state index contributed by atoms with van der Waals surface area (Å²) in [5.41, 5.74) is 4.65. The number of benzene rings is 2. The van der Waals surface area contributed by atoms with E-state index >= 15 is 0 Å². The van der Waals surface area contributed by atoms with Gasteiger partial charge in [0.2, 0.25) is 0 Å². The Morgan fingerprint density at radius 3 is 2.85 bits per heavy atom. The van der Waals surface area contributed by atoms with Crippen LogP contribution in [0.1, 0.15) is 11.1 Å². The van der Waals surface area contributed by atoms with E-state index in [1.54, 1.807) is 0 Å². The number of amides is 1. The molecule has 2 aromatic carbocycles. The Kier molecular flexibility index (Phi) is 2.27. The second-order valence-electron chi connectivity index (χ2n) is 4.88. The van der Waals surface area contributed by atoms with Gasteiger partial charge in [0, 0.05) is 28.5 Å². The third-order valence-electron chi connectivity index (χ3n) is 3.60. The minimum atomic E-state index is -0.0437. The number of hydrogen-bond donors (Lipinski definition) is 2. The van der Waals surface area contributed by atoms with E-state index in [4.69, 9.17) is 0 Å². The zero-order valence-electron chi connectivity index (χ0n) is 10.7. The van der Waals surface area contributed by atoms with Gasteiger partial charge in [0.05, 0.1) is 0 Å². The van der Waals surface area contributed by atoms with E-state index in [2.05, 4.69) is 22.4 Å². The Balaban J connectivity index is 1.85. The van der Waals surface area contributed by atoms with Gasteiger partial charge in [-0.3, -0.25) is 4.79 Å². The smallest absolute Gasteiger partial charge is 0.256 e. The van der Waals surface area contributed by atoms with Crippen molar-refractivity contribution in [2.45, 2.75) is 0 Å². The van der Waals surface area contributed by atoms with E-state index in [-0.39, 0.29) is 5.91 Å². The lowest BCUT2D eigenvalue weighted by Crippen LogP contribution is -2.03. The first-order valence-electron chi connectivity index (χ1n) is 6.51. The zero-order valence-corrected chi connectivity index (χ0v) is 10.7. The summed E-state index contributed by atoms with van der Waals surface area (Å²) in [5.74, 6) is -0.0437. The van der Waals surface area contributed by atoms with Crippen molar-refractivity contribution in [2.24, 2.45) is 0 Å². The number of H-pyrrole nitrogens is 1. The van der Waals surface area contributed by atoms with Crippen LogP contribution in [0.5, 0.6) is 0 Å². The van der Waals surface area contributed by atoms with E-state index in [0.717, 1.165) is 22.3 Å². The van der Waals surface area contributed by atoms with Crippen LogP contribution in [0.3, 0.4) is 0 Å².